The highest BCUT2D eigenvalue weighted by Crippen LogP contribution is 2.27. The molecule has 0 fully saturated rings. The topological polar surface area (TPSA) is 26.0 Å². The van der Waals surface area contributed by atoms with Crippen LogP contribution in [0, 0.1) is 5.82 Å². The molecule has 1 unspecified atom stereocenters. The quantitative estimate of drug-likeness (QED) is 0.803. The summed E-state index contributed by atoms with van der Waals surface area (Å²) in [5.41, 5.74) is 7.83. The zero-order valence-electron chi connectivity index (χ0n) is 9.84. The van der Waals surface area contributed by atoms with Crippen LogP contribution in [-0.2, 0) is 6.42 Å². The molecule has 0 saturated carbocycles. The van der Waals surface area contributed by atoms with Gasteiger partial charge in [-0.25, -0.2) is 4.39 Å². The van der Waals surface area contributed by atoms with Crippen molar-refractivity contribution in [2.24, 2.45) is 5.73 Å². The summed E-state index contributed by atoms with van der Waals surface area (Å²) in [6, 6.07) is 9.87. The van der Waals surface area contributed by atoms with Gasteiger partial charge in [0.05, 0.1) is 5.02 Å². The minimum Gasteiger partial charge on any atom is -0.324 e. The second kappa shape index (κ2) is 6.23. The van der Waals surface area contributed by atoms with Crippen molar-refractivity contribution in [2.45, 2.75) is 12.5 Å². The van der Waals surface area contributed by atoms with Crippen molar-refractivity contribution in [2.75, 3.05) is 0 Å². The van der Waals surface area contributed by atoms with Gasteiger partial charge in [0.1, 0.15) is 5.82 Å². The molecular weight excluding hydrogens is 352 g/mol. The predicted octanol–water partition coefficient (Wildman–Crippen LogP) is 5.14. The molecule has 19 heavy (non-hydrogen) atoms. The van der Waals surface area contributed by atoms with Crippen LogP contribution in [0.15, 0.2) is 40.9 Å². The fourth-order valence-corrected chi connectivity index (χ4v) is 2.72. The van der Waals surface area contributed by atoms with E-state index in [4.69, 9.17) is 28.9 Å². The maximum atomic E-state index is 13.1. The van der Waals surface area contributed by atoms with Gasteiger partial charge < -0.3 is 5.73 Å². The molecule has 0 aliphatic heterocycles. The molecule has 2 aromatic carbocycles. The first-order valence-electron chi connectivity index (χ1n) is 5.62. The lowest BCUT2D eigenvalue weighted by molar-refractivity contribution is 0.625. The molecular formula is C14H11BrCl2FN. The average Bonchev–Trinajstić information content (AvgIpc) is 2.36. The van der Waals surface area contributed by atoms with Crippen molar-refractivity contribution in [1.82, 2.24) is 0 Å². The molecule has 0 saturated heterocycles. The van der Waals surface area contributed by atoms with E-state index in [1.54, 1.807) is 12.1 Å². The van der Waals surface area contributed by atoms with Gasteiger partial charge in [0.2, 0.25) is 0 Å². The summed E-state index contributed by atoms with van der Waals surface area (Å²) in [5.74, 6) is -0.445. The lowest BCUT2D eigenvalue weighted by atomic mass is 10.00. The standard InChI is InChI=1S/C14H11BrCl2FN/c15-10-3-1-8(11(16)7-10)6-14(19)9-2-4-13(18)12(17)5-9/h1-5,7,14H,6,19H2. The molecule has 2 rings (SSSR count). The molecule has 1 atom stereocenters. The third-order valence-electron chi connectivity index (χ3n) is 2.83. The average molecular weight is 363 g/mol. The first-order valence-corrected chi connectivity index (χ1v) is 7.16. The first kappa shape index (κ1) is 14.8. The molecule has 100 valence electrons. The fraction of sp³-hybridized carbons (Fsp3) is 0.143. The number of rotatable bonds is 3. The maximum Gasteiger partial charge on any atom is 0.141 e. The van der Waals surface area contributed by atoms with Crippen molar-refractivity contribution in [1.29, 1.82) is 0 Å². The van der Waals surface area contributed by atoms with Gasteiger partial charge >= 0.3 is 0 Å². The molecule has 0 bridgehead atoms. The largest absolute Gasteiger partial charge is 0.324 e. The first-order chi connectivity index (χ1) is 8.97. The maximum absolute atomic E-state index is 13.1. The van der Waals surface area contributed by atoms with Crippen molar-refractivity contribution in [3.8, 4) is 0 Å². The Balaban J connectivity index is 2.20. The van der Waals surface area contributed by atoms with E-state index in [0.717, 1.165) is 15.6 Å². The minimum atomic E-state index is -0.445. The van der Waals surface area contributed by atoms with Gasteiger partial charge in [-0.1, -0.05) is 51.3 Å². The highest BCUT2D eigenvalue weighted by Gasteiger charge is 2.11. The molecule has 0 heterocycles. The SMILES string of the molecule is NC(Cc1ccc(Br)cc1Cl)c1ccc(F)c(Cl)c1. The summed E-state index contributed by atoms with van der Waals surface area (Å²) in [6.07, 6.45) is 0.564. The van der Waals surface area contributed by atoms with E-state index >= 15 is 0 Å². The van der Waals surface area contributed by atoms with E-state index in [2.05, 4.69) is 15.9 Å². The Morgan fingerprint density at radius 3 is 2.47 bits per heavy atom. The van der Waals surface area contributed by atoms with Crippen LogP contribution in [0.3, 0.4) is 0 Å². The molecule has 0 aliphatic carbocycles. The van der Waals surface area contributed by atoms with Gasteiger partial charge in [-0.2, -0.15) is 0 Å². The molecule has 2 aromatic rings. The van der Waals surface area contributed by atoms with Crippen LogP contribution in [0.1, 0.15) is 17.2 Å². The monoisotopic (exact) mass is 361 g/mol. The van der Waals surface area contributed by atoms with Crippen LogP contribution in [0.2, 0.25) is 10.0 Å². The Morgan fingerprint density at radius 2 is 1.84 bits per heavy atom. The molecule has 5 heteroatoms. The highest BCUT2D eigenvalue weighted by atomic mass is 79.9. The number of nitrogens with two attached hydrogens (primary N) is 1. The van der Waals surface area contributed by atoms with E-state index < -0.39 is 5.82 Å². The molecule has 0 aliphatic rings. The fourth-order valence-electron chi connectivity index (χ4n) is 1.79. The summed E-state index contributed by atoms with van der Waals surface area (Å²) in [5, 5.41) is 0.730. The van der Waals surface area contributed by atoms with Gasteiger partial charge in [0.25, 0.3) is 0 Å². The van der Waals surface area contributed by atoms with Gasteiger partial charge in [-0.05, 0) is 41.8 Å². The smallest absolute Gasteiger partial charge is 0.141 e. The number of hydrogen-bond acceptors (Lipinski definition) is 1. The third-order valence-corrected chi connectivity index (χ3v) is 3.96. The van der Waals surface area contributed by atoms with Crippen molar-refractivity contribution < 1.29 is 4.39 Å². The Hall–Kier alpha value is -0.610. The zero-order chi connectivity index (χ0) is 14.0. The second-order valence-corrected chi connectivity index (χ2v) is 5.95. The molecule has 0 amide bonds. The van der Waals surface area contributed by atoms with Crippen LogP contribution in [0.25, 0.3) is 0 Å². The van der Waals surface area contributed by atoms with Gasteiger partial charge in [0.15, 0.2) is 0 Å². The highest BCUT2D eigenvalue weighted by molar-refractivity contribution is 9.10. The summed E-state index contributed by atoms with van der Waals surface area (Å²) >= 11 is 15.2. The molecule has 0 spiro atoms. The van der Waals surface area contributed by atoms with Crippen LogP contribution >= 0.6 is 39.1 Å². The number of halogens is 4. The van der Waals surface area contributed by atoms with E-state index in [0.29, 0.717) is 11.4 Å². The Kier molecular flexibility index (Phi) is 4.85. The lowest BCUT2D eigenvalue weighted by Gasteiger charge is -2.14. The Bertz CT molecular complexity index is 604. The summed E-state index contributed by atoms with van der Waals surface area (Å²) in [6.45, 7) is 0. The Morgan fingerprint density at radius 1 is 1.11 bits per heavy atom. The second-order valence-electron chi connectivity index (χ2n) is 4.22. The van der Waals surface area contributed by atoms with Crippen molar-refractivity contribution in [3.05, 3.63) is 67.9 Å². The van der Waals surface area contributed by atoms with Crippen molar-refractivity contribution in [3.63, 3.8) is 0 Å². The van der Waals surface area contributed by atoms with Crippen LogP contribution in [0.5, 0.6) is 0 Å². The van der Waals surface area contributed by atoms with Crippen LogP contribution < -0.4 is 5.73 Å². The lowest BCUT2D eigenvalue weighted by Crippen LogP contribution is -2.13. The number of benzene rings is 2. The molecule has 0 aromatic heterocycles. The van der Waals surface area contributed by atoms with E-state index in [1.165, 1.54) is 6.07 Å². The van der Waals surface area contributed by atoms with Gasteiger partial charge in [-0.15, -0.1) is 0 Å². The van der Waals surface area contributed by atoms with E-state index in [9.17, 15) is 4.39 Å². The summed E-state index contributed by atoms with van der Waals surface area (Å²) < 4.78 is 14.0. The number of hydrogen-bond donors (Lipinski definition) is 1. The van der Waals surface area contributed by atoms with Crippen LogP contribution in [0.4, 0.5) is 4.39 Å². The summed E-state index contributed by atoms with van der Waals surface area (Å²) in [4.78, 5) is 0. The van der Waals surface area contributed by atoms with E-state index in [1.807, 2.05) is 18.2 Å². The third kappa shape index (κ3) is 3.69. The van der Waals surface area contributed by atoms with Gasteiger partial charge in [-0.3, -0.25) is 0 Å². The minimum absolute atomic E-state index is 0.0786. The molecule has 2 N–H and O–H groups in total. The Labute approximate surface area is 129 Å². The van der Waals surface area contributed by atoms with Crippen molar-refractivity contribution >= 4 is 39.1 Å². The summed E-state index contributed by atoms with van der Waals surface area (Å²) in [7, 11) is 0. The van der Waals surface area contributed by atoms with Crippen LogP contribution in [-0.4, -0.2) is 0 Å². The van der Waals surface area contributed by atoms with E-state index in [-0.39, 0.29) is 11.1 Å². The van der Waals surface area contributed by atoms with Gasteiger partial charge in [0, 0.05) is 15.5 Å². The normalized spacial score (nSPS) is 12.5. The molecule has 0 radical (unpaired) electrons. The molecule has 1 nitrogen and oxygen atoms in total. The zero-order valence-corrected chi connectivity index (χ0v) is 12.9. The predicted molar refractivity (Wildman–Crippen MR) is 81.2 cm³/mol.